The Morgan fingerprint density at radius 3 is 2.80 bits per heavy atom. The Labute approximate surface area is 91.5 Å². The standard InChI is InChI=1S/C12H21N3/c1-12(2,3)7-10-14-9-6-4-5-8(13)11(9)15-10/h8H,4-7,13H2,1-3H3,(H,14,15). The third-order valence-corrected chi connectivity index (χ3v) is 2.85. The second-order valence-electron chi connectivity index (χ2n) is 5.78. The van der Waals surface area contributed by atoms with Crippen molar-refractivity contribution in [3.63, 3.8) is 0 Å². The minimum Gasteiger partial charge on any atom is -0.346 e. The summed E-state index contributed by atoms with van der Waals surface area (Å²) in [5.41, 5.74) is 8.71. The number of nitrogens with zero attached hydrogens (tertiary/aromatic N) is 1. The van der Waals surface area contributed by atoms with Gasteiger partial charge in [-0.2, -0.15) is 0 Å². The van der Waals surface area contributed by atoms with E-state index >= 15 is 0 Å². The minimum absolute atomic E-state index is 0.152. The third-order valence-electron chi connectivity index (χ3n) is 2.85. The van der Waals surface area contributed by atoms with E-state index < -0.39 is 0 Å². The summed E-state index contributed by atoms with van der Waals surface area (Å²) < 4.78 is 0. The van der Waals surface area contributed by atoms with Crippen molar-refractivity contribution in [3.8, 4) is 0 Å². The number of fused-ring (bicyclic) bond motifs is 1. The number of aryl methyl sites for hydroxylation is 1. The lowest BCUT2D eigenvalue weighted by Gasteiger charge is -2.16. The molecular weight excluding hydrogens is 186 g/mol. The molecule has 0 radical (unpaired) electrons. The van der Waals surface area contributed by atoms with Gasteiger partial charge in [0.05, 0.1) is 5.69 Å². The average Bonchev–Trinajstić information content (AvgIpc) is 2.45. The number of hydrogen-bond acceptors (Lipinski definition) is 2. The zero-order valence-electron chi connectivity index (χ0n) is 9.93. The van der Waals surface area contributed by atoms with Crippen LogP contribution in [0, 0.1) is 5.41 Å². The molecule has 1 aliphatic carbocycles. The van der Waals surface area contributed by atoms with Crippen LogP contribution >= 0.6 is 0 Å². The van der Waals surface area contributed by atoms with Crippen LogP contribution in [0.2, 0.25) is 0 Å². The van der Waals surface area contributed by atoms with Crippen molar-refractivity contribution in [2.45, 2.75) is 52.5 Å². The molecule has 1 aliphatic rings. The molecule has 0 bridgehead atoms. The number of H-pyrrole nitrogens is 1. The number of hydrogen-bond donors (Lipinski definition) is 2. The van der Waals surface area contributed by atoms with Crippen LogP contribution in [0.25, 0.3) is 0 Å². The van der Waals surface area contributed by atoms with E-state index in [1.165, 1.54) is 12.1 Å². The first-order valence-electron chi connectivity index (χ1n) is 5.79. The van der Waals surface area contributed by atoms with Gasteiger partial charge in [-0.05, 0) is 24.7 Å². The lowest BCUT2D eigenvalue weighted by molar-refractivity contribution is 0.401. The van der Waals surface area contributed by atoms with Crippen molar-refractivity contribution in [3.05, 3.63) is 17.2 Å². The van der Waals surface area contributed by atoms with Gasteiger partial charge < -0.3 is 10.7 Å². The Morgan fingerprint density at radius 2 is 2.20 bits per heavy atom. The van der Waals surface area contributed by atoms with Crippen LogP contribution < -0.4 is 5.73 Å². The monoisotopic (exact) mass is 207 g/mol. The van der Waals surface area contributed by atoms with E-state index in [2.05, 4.69) is 30.7 Å². The highest BCUT2D eigenvalue weighted by Gasteiger charge is 2.22. The van der Waals surface area contributed by atoms with Crippen LogP contribution in [-0.4, -0.2) is 9.97 Å². The summed E-state index contributed by atoms with van der Waals surface area (Å²) in [6.07, 6.45) is 4.37. The predicted molar refractivity (Wildman–Crippen MR) is 61.6 cm³/mol. The molecule has 0 saturated heterocycles. The van der Waals surface area contributed by atoms with E-state index in [0.717, 1.165) is 30.8 Å². The molecule has 0 aliphatic heterocycles. The first-order valence-corrected chi connectivity index (χ1v) is 5.79. The zero-order chi connectivity index (χ0) is 11.1. The second kappa shape index (κ2) is 3.63. The molecule has 1 aromatic heterocycles. The fourth-order valence-corrected chi connectivity index (χ4v) is 2.20. The lowest BCUT2D eigenvalue weighted by Crippen LogP contribution is -2.17. The predicted octanol–water partition coefficient (Wildman–Crippen LogP) is 2.33. The molecule has 0 aromatic carbocycles. The van der Waals surface area contributed by atoms with E-state index in [9.17, 15) is 0 Å². The van der Waals surface area contributed by atoms with Gasteiger partial charge in [-0.15, -0.1) is 0 Å². The molecule has 3 N–H and O–H groups in total. The van der Waals surface area contributed by atoms with Crippen molar-refractivity contribution in [1.29, 1.82) is 0 Å². The Bertz CT molecular complexity index is 346. The van der Waals surface area contributed by atoms with E-state index in [0.29, 0.717) is 0 Å². The number of aromatic amines is 1. The fourth-order valence-electron chi connectivity index (χ4n) is 2.20. The largest absolute Gasteiger partial charge is 0.346 e. The number of imidazole rings is 1. The number of aromatic nitrogens is 2. The summed E-state index contributed by atoms with van der Waals surface area (Å²) in [6, 6.07) is 0.152. The minimum atomic E-state index is 0.152. The molecule has 0 spiro atoms. The highest BCUT2D eigenvalue weighted by Crippen LogP contribution is 2.27. The van der Waals surface area contributed by atoms with Gasteiger partial charge in [0.2, 0.25) is 0 Å². The van der Waals surface area contributed by atoms with Crippen LogP contribution in [0.5, 0.6) is 0 Å². The van der Waals surface area contributed by atoms with Crippen LogP contribution in [-0.2, 0) is 12.8 Å². The number of rotatable bonds is 1. The van der Waals surface area contributed by atoms with Crippen molar-refractivity contribution in [1.82, 2.24) is 9.97 Å². The second-order valence-corrected chi connectivity index (χ2v) is 5.78. The Hall–Kier alpha value is -0.830. The molecule has 1 aromatic rings. The molecule has 3 heteroatoms. The van der Waals surface area contributed by atoms with Crippen LogP contribution in [0.1, 0.15) is 56.9 Å². The summed E-state index contributed by atoms with van der Waals surface area (Å²) >= 11 is 0. The van der Waals surface area contributed by atoms with Gasteiger partial charge in [-0.1, -0.05) is 20.8 Å². The molecule has 2 rings (SSSR count). The summed E-state index contributed by atoms with van der Waals surface area (Å²) in [4.78, 5) is 8.07. The Balaban J connectivity index is 2.22. The molecule has 84 valence electrons. The fraction of sp³-hybridized carbons (Fsp3) is 0.750. The van der Waals surface area contributed by atoms with Gasteiger partial charge in [0.1, 0.15) is 5.82 Å². The maximum atomic E-state index is 6.04. The van der Waals surface area contributed by atoms with Crippen LogP contribution in [0.15, 0.2) is 0 Å². The molecule has 0 fully saturated rings. The van der Waals surface area contributed by atoms with Crippen molar-refractivity contribution >= 4 is 0 Å². The summed E-state index contributed by atoms with van der Waals surface area (Å²) in [5.74, 6) is 1.10. The molecule has 1 heterocycles. The lowest BCUT2D eigenvalue weighted by atomic mass is 9.92. The first-order chi connectivity index (χ1) is 6.96. The van der Waals surface area contributed by atoms with Gasteiger partial charge in [-0.3, -0.25) is 0 Å². The van der Waals surface area contributed by atoms with Crippen molar-refractivity contribution in [2.75, 3.05) is 0 Å². The van der Waals surface area contributed by atoms with Gasteiger partial charge in [-0.25, -0.2) is 4.98 Å². The number of nitrogens with two attached hydrogens (primary N) is 1. The van der Waals surface area contributed by atoms with Gasteiger partial charge in [0.25, 0.3) is 0 Å². The molecule has 3 nitrogen and oxygen atoms in total. The topological polar surface area (TPSA) is 54.7 Å². The summed E-state index contributed by atoms with van der Waals surface area (Å²) in [5, 5.41) is 0. The third kappa shape index (κ3) is 2.40. The van der Waals surface area contributed by atoms with E-state index in [-0.39, 0.29) is 11.5 Å². The molecule has 0 saturated carbocycles. The van der Waals surface area contributed by atoms with E-state index in [4.69, 9.17) is 5.73 Å². The van der Waals surface area contributed by atoms with E-state index in [1.54, 1.807) is 0 Å². The van der Waals surface area contributed by atoms with Crippen LogP contribution in [0.4, 0.5) is 0 Å². The zero-order valence-corrected chi connectivity index (χ0v) is 9.93. The highest BCUT2D eigenvalue weighted by molar-refractivity contribution is 5.21. The van der Waals surface area contributed by atoms with Crippen molar-refractivity contribution < 1.29 is 0 Å². The maximum Gasteiger partial charge on any atom is 0.107 e. The highest BCUT2D eigenvalue weighted by atomic mass is 15.0. The molecule has 1 atom stereocenters. The molecular formula is C12H21N3. The smallest absolute Gasteiger partial charge is 0.107 e. The normalized spacial score (nSPS) is 21.5. The Morgan fingerprint density at radius 1 is 1.47 bits per heavy atom. The summed E-state index contributed by atoms with van der Waals surface area (Å²) in [6.45, 7) is 6.69. The molecule has 0 amide bonds. The Kier molecular flexibility index (Phi) is 2.59. The first kappa shape index (κ1) is 10.7. The quantitative estimate of drug-likeness (QED) is 0.742. The average molecular weight is 207 g/mol. The summed E-state index contributed by atoms with van der Waals surface area (Å²) in [7, 11) is 0. The van der Waals surface area contributed by atoms with Crippen molar-refractivity contribution in [2.24, 2.45) is 11.1 Å². The van der Waals surface area contributed by atoms with Gasteiger partial charge in [0, 0.05) is 18.2 Å². The van der Waals surface area contributed by atoms with Crippen LogP contribution in [0.3, 0.4) is 0 Å². The molecule has 1 unspecified atom stereocenters. The maximum absolute atomic E-state index is 6.04. The van der Waals surface area contributed by atoms with Gasteiger partial charge in [0.15, 0.2) is 0 Å². The SMILES string of the molecule is CC(C)(C)Cc1nc2c([nH]1)CCCC2N. The molecule has 15 heavy (non-hydrogen) atoms. The van der Waals surface area contributed by atoms with Gasteiger partial charge >= 0.3 is 0 Å². The van der Waals surface area contributed by atoms with E-state index in [1.807, 2.05) is 0 Å². The number of nitrogens with one attached hydrogen (secondary N) is 1.